The van der Waals surface area contributed by atoms with Crippen molar-refractivity contribution < 1.29 is 27.8 Å². The third-order valence-corrected chi connectivity index (χ3v) is 4.51. The van der Waals surface area contributed by atoms with Crippen molar-refractivity contribution >= 4 is 5.91 Å². The summed E-state index contributed by atoms with van der Waals surface area (Å²) in [5.74, 6) is 0.560. The van der Waals surface area contributed by atoms with Gasteiger partial charge in [0.25, 0.3) is 0 Å². The molecule has 2 aromatic carbocycles. The lowest BCUT2D eigenvalue weighted by Crippen LogP contribution is -2.28. The molecule has 0 bridgehead atoms. The first kappa shape index (κ1) is 19.2. The van der Waals surface area contributed by atoms with Crippen LogP contribution in [0.5, 0.6) is 5.75 Å². The number of alkyl halides is 3. The summed E-state index contributed by atoms with van der Waals surface area (Å²) in [6.07, 6.45) is -3.93. The molecular weight excluding hydrogens is 359 g/mol. The predicted octanol–water partition coefficient (Wildman–Crippen LogP) is 3.42. The topological polar surface area (TPSA) is 58.6 Å². The van der Waals surface area contributed by atoms with Gasteiger partial charge in [0.1, 0.15) is 5.75 Å². The SMILES string of the molecule is O=C(CCc1ccc(C(F)(F)F)cc1)NC[C@@H](O)c1ccc2c(c1)CCO2. The minimum absolute atomic E-state index is 0.0749. The molecule has 0 aliphatic carbocycles. The summed E-state index contributed by atoms with van der Waals surface area (Å²) in [6.45, 7) is 0.709. The van der Waals surface area contributed by atoms with Gasteiger partial charge in [-0.3, -0.25) is 4.79 Å². The minimum Gasteiger partial charge on any atom is -0.493 e. The Hall–Kier alpha value is -2.54. The molecule has 0 fully saturated rings. The van der Waals surface area contributed by atoms with Crippen LogP contribution in [-0.2, 0) is 23.8 Å². The molecule has 144 valence electrons. The summed E-state index contributed by atoms with van der Waals surface area (Å²) in [7, 11) is 0. The van der Waals surface area contributed by atoms with Crippen LogP contribution in [0.3, 0.4) is 0 Å². The van der Waals surface area contributed by atoms with E-state index in [1.807, 2.05) is 12.1 Å². The van der Waals surface area contributed by atoms with Gasteiger partial charge in [-0.05, 0) is 47.4 Å². The molecule has 2 aromatic rings. The highest BCUT2D eigenvalue weighted by atomic mass is 19.4. The number of aliphatic hydroxyl groups excluding tert-OH is 1. The number of benzene rings is 2. The van der Waals surface area contributed by atoms with Crippen LogP contribution >= 0.6 is 0 Å². The molecule has 4 nitrogen and oxygen atoms in total. The van der Waals surface area contributed by atoms with Gasteiger partial charge in [0.2, 0.25) is 5.91 Å². The fraction of sp³-hybridized carbons (Fsp3) is 0.350. The second-order valence-electron chi connectivity index (χ2n) is 6.48. The van der Waals surface area contributed by atoms with Crippen molar-refractivity contribution in [3.63, 3.8) is 0 Å². The summed E-state index contributed by atoms with van der Waals surface area (Å²) in [4.78, 5) is 11.9. The van der Waals surface area contributed by atoms with Crippen LogP contribution in [0, 0.1) is 0 Å². The fourth-order valence-corrected chi connectivity index (χ4v) is 2.95. The average molecular weight is 379 g/mol. The third-order valence-electron chi connectivity index (χ3n) is 4.51. The maximum atomic E-state index is 12.5. The van der Waals surface area contributed by atoms with Gasteiger partial charge in [-0.1, -0.05) is 18.2 Å². The maximum Gasteiger partial charge on any atom is 0.416 e. The second kappa shape index (κ2) is 8.00. The fourth-order valence-electron chi connectivity index (χ4n) is 2.95. The molecule has 0 spiro atoms. The average Bonchev–Trinajstić information content (AvgIpc) is 3.11. The Bertz CT molecular complexity index is 803. The zero-order chi connectivity index (χ0) is 19.4. The van der Waals surface area contributed by atoms with Crippen LogP contribution in [0.25, 0.3) is 0 Å². The Kier molecular flexibility index (Phi) is 5.70. The van der Waals surface area contributed by atoms with Gasteiger partial charge in [-0.25, -0.2) is 0 Å². The Morgan fingerprint density at radius 3 is 2.63 bits per heavy atom. The molecule has 2 N–H and O–H groups in total. The molecular formula is C20H20F3NO3. The lowest BCUT2D eigenvalue weighted by Gasteiger charge is -2.13. The standard InChI is InChI=1S/C20H20F3NO3/c21-20(22,23)16-5-1-13(2-6-16)3-8-19(26)24-12-17(25)14-4-7-18-15(11-14)9-10-27-18/h1-2,4-7,11,17,25H,3,8-10,12H2,(H,24,26)/t17-/m1/s1. The van der Waals surface area contributed by atoms with E-state index < -0.39 is 17.8 Å². The van der Waals surface area contributed by atoms with Crippen molar-refractivity contribution in [2.45, 2.75) is 31.5 Å². The van der Waals surface area contributed by atoms with Gasteiger partial charge < -0.3 is 15.2 Å². The highest BCUT2D eigenvalue weighted by Crippen LogP contribution is 2.29. The Morgan fingerprint density at radius 2 is 1.93 bits per heavy atom. The largest absolute Gasteiger partial charge is 0.493 e. The molecule has 1 heterocycles. The highest BCUT2D eigenvalue weighted by Gasteiger charge is 2.29. The van der Waals surface area contributed by atoms with Crippen molar-refractivity contribution in [1.82, 2.24) is 5.32 Å². The first-order valence-electron chi connectivity index (χ1n) is 8.69. The lowest BCUT2D eigenvalue weighted by molar-refractivity contribution is -0.137. The molecule has 0 unspecified atom stereocenters. The van der Waals surface area contributed by atoms with Gasteiger partial charge in [0, 0.05) is 19.4 Å². The van der Waals surface area contributed by atoms with Crippen LogP contribution in [0.15, 0.2) is 42.5 Å². The van der Waals surface area contributed by atoms with E-state index in [0.717, 1.165) is 29.9 Å². The number of carbonyl (C=O) groups is 1. The molecule has 27 heavy (non-hydrogen) atoms. The predicted molar refractivity (Wildman–Crippen MR) is 93.4 cm³/mol. The van der Waals surface area contributed by atoms with Crippen LogP contribution < -0.4 is 10.1 Å². The molecule has 0 saturated heterocycles. The van der Waals surface area contributed by atoms with Gasteiger partial charge in [-0.15, -0.1) is 0 Å². The number of amides is 1. The molecule has 1 aliphatic rings. The van der Waals surface area contributed by atoms with E-state index in [1.54, 1.807) is 6.07 Å². The molecule has 1 atom stereocenters. The molecule has 0 radical (unpaired) electrons. The number of aryl methyl sites for hydroxylation is 1. The number of hydrogen-bond donors (Lipinski definition) is 2. The molecule has 3 rings (SSSR count). The number of carbonyl (C=O) groups excluding carboxylic acids is 1. The monoisotopic (exact) mass is 379 g/mol. The van der Waals surface area contributed by atoms with Gasteiger partial charge in [-0.2, -0.15) is 13.2 Å². The lowest BCUT2D eigenvalue weighted by atomic mass is 10.0. The maximum absolute atomic E-state index is 12.5. The Balaban J connectivity index is 1.45. The van der Waals surface area contributed by atoms with Crippen molar-refractivity contribution in [3.05, 3.63) is 64.7 Å². The van der Waals surface area contributed by atoms with Gasteiger partial charge in [0.05, 0.1) is 18.3 Å². The van der Waals surface area contributed by atoms with Crippen molar-refractivity contribution in [2.24, 2.45) is 0 Å². The van der Waals surface area contributed by atoms with Crippen LogP contribution in [0.2, 0.25) is 0 Å². The van der Waals surface area contributed by atoms with Gasteiger partial charge in [0.15, 0.2) is 0 Å². The number of hydrogen-bond acceptors (Lipinski definition) is 3. The molecule has 0 aromatic heterocycles. The zero-order valence-corrected chi connectivity index (χ0v) is 14.6. The summed E-state index contributed by atoms with van der Waals surface area (Å²) in [5.41, 5.74) is 1.69. The summed E-state index contributed by atoms with van der Waals surface area (Å²) >= 11 is 0. The van der Waals surface area contributed by atoms with E-state index in [2.05, 4.69) is 5.32 Å². The number of nitrogens with one attached hydrogen (secondary N) is 1. The number of rotatable bonds is 6. The molecule has 7 heteroatoms. The summed E-state index contributed by atoms with van der Waals surface area (Å²) in [6, 6.07) is 10.2. The van der Waals surface area contributed by atoms with Gasteiger partial charge >= 0.3 is 6.18 Å². The second-order valence-corrected chi connectivity index (χ2v) is 6.48. The van der Waals surface area contributed by atoms with E-state index in [1.165, 1.54) is 12.1 Å². The number of fused-ring (bicyclic) bond motifs is 1. The highest BCUT2D eigenvalue weighted by molar-refractivity contribution is 5.76. The van der Waals surface area contributed by atoms with Crippen LogP contribution in [0.4, 0.5) is 13.2 Å². The summed E-state index contributed by atoms with van der Waals surface area (Å²) < 4.78 is 43.0. The molecule has 0 saturated carbocycles. The number of halogens is 3. The van der Waals surface area contributed by atoms with E-state index >= 15 is 0 Å². The first-order chi connectivity index (χ1) is 12.8. The van der Waals surface area contributed by atoms with Crippen molar-refractivity contribution in [1.29, 1.82) is 0 Å². The minimum atomic E-state index is -4.37. The molecule has 1 amide bonds. The Labute approximate surface area is 155 Å². The normalized spacial score (nSPS) is 14.4. The van der Waals surface area contributed by atoms with E-state index in [4.69, 9.17) is 4.74 Å². The third kappa shape index (κ3) is 5.01. The number of aliphatic hydroxyl groups is 1. The molecule has 1 aliphatic heterocycles. The number of ether oxygens (including phenoxy) is 1. The summed E-state index contributed by atoms with van der Waals surface area (Å²) in [5, 5.41) is 12.9. The first-order valence-corrected chi connectivity index (χ1v) is 8.69. The van der Waals surface area contributed by atoms with Crippen LogP contribution in [-0.4, -0.2) is 24.2 Å². The van der Waals surface area contributed by atoms with E-state index in [0.29, 0.717) is 24.2 Å². The van der Waals surface area contributed by atoms with Crippen molar-refractivity contribution in [2.75, 3.05) is 13.2 Å². The quantitative estimate of drug-likeness (QED) is 0.809. The van der Waals surface area contributed by atoms with Crippen LogP contribution in [0.1, 0.15) is 34.8 Å². The Morgan fingerprint density at radius 1 is 1.19 bits per heavy atom. The van der Waals surface area contributed by atoms with E-state index in [9.17, 15) is 23.1 Å². The van der Waals surface area contributed by atoms with E-state index in [-0.39, 0.29) is 18.9 Å². The zero-order valence-electron chi connectivity index (χ0n) is 14.6. The smallest absolute Gasteiger partial charge is 0.416 e. The van der Waals surface area contributed by atoms with Crippen molar-refractivity contribution in [3.8, 4) is 5.75 Å².